The average molecular weight is 408 g/mol. The van der Waals surface area contributed by atoms with E-state index < -0.39 is 18.5 Å². The number of aromatic nitrogens is 1. The molecular weight excluding hydrogens is 378 g/mol. The molecule has 0 fully saturated rings. The van der Waals surface area contributed by atoms with Crippen molar-refractivity contribution in [3.8, 4) is 6.07 Å². The van der Waals surface area contributed by atoms with E-state index in [4.69, 9.17) is 4.74 Å². The van der Waals surface area contributed by atoms with Gasteiger partial charge in [-0.15, -0.1) is 0 Å². The summed E-state index contributed by atoms with van der Waals surface area (Å²) in [5.41, 5.74) is 3.66. The van der Waals surface area contributed by atoms with Crippen molar-refractivity contribution < 1.29 is 14.3 Å². The molecule has 0 unspecified atom stereocenters. The van der Waals surface area contributed by atoms with Gasteiger partial charge in [-0.1, -0.05) is 44.2 Å². The van der Waals surface area contributed by atoms with Crippen molar-refractivity contribution in [1.82, 2.24) is 9.88 Å². The minimum atomic E-state index is -0.811. The summed E-state index contributed by atoms with van der Waals surface area (Å²) in [6.45, 7) is 10.5. The number of nitriles is 1. The second kappa shape index (κ2) is 10.4. The molecule has 0 bridgehead atoms. The van der Waals surface area contributed by atoms with Gasteiger partial charge in [0.05, 0.1) is 6.04 Å². The van der Waals surface area contributed by atoms with Crippen LogP contribution in [-0.4, -0.2) is 23.1 Å². The van der Waals surface area contributed by atoms with Gasteiger partial charge in [-0.3, -0.25) is 4.79 Å². The number of rotatable bonds is 8. The lowest BCUT2D eigenvalue weighted by molar-refractivity contribution is -0.144. The van der Waals surface area contributed by atoms with Crippen LogP contribution in [0.3, 0.4) is 0 Å². The number of hydrogen-bond donors (Lipinski definition) is 1. The van der Waals surface area contributed by atoms with Gasteiger partial charge < -0.3 is 14.6 Å². The molecule has 2 rings (SSSR count). The lowest BCUT2D eigenvalue weighted by Crippen LogP contribution is -2.31. The van der Waals surface area contributed by atoms with E-state index in [9.17, 15) is 14.9 Å². The predicted octanol–water partition coefficient (Wildman–Crippen LogP) is 4.09. The van der Waals surface area contributed by atoms with E-state index in [0.717, 1.165) is 29.1 Å². The van der Waals surface area contributed by atoms with Crippen molar-refractivity contribution in [2.45, 2.75) is 47.2 Å². The first-order valence-electron chi connectivity index (χ1n) is 10.0. The van der Waals surface area contributed by atoms with Gasteiger partial charge in [0, 0.05) is 17.9 Å². The smallest absolute Gasteiger partial charge is 0.349 e. The van der Waals surface area contributed by atoms with Gasteiger partial charge in [0.1, 0.15) is 11.6 Å². The molecule has 158 valence electrons. The topological polar surface area (TPSA) is 84.1 Å². The Morgan fingerprint density at radius 2 is 1.87 bits per heavy atom. The Hall–Kier alpha value is -3.33. The summed E-state index contributed by atoms with van der Waals surface area (Å²) < 4.78 is 7.22. The Morgan fingerprint density at radius 1 is 1.20 bits per heavy atom. The minimum absolute atomic E-state index is 0.135. The van der Waals surface area contributed by atoms with Crippen LogP contribution in [0.2, 0.25) is 0 Å². The maximum Gasteiger partial charge on any atom is 0.349 e. The van der Waals surface area contributed by atoms with Crippen LogP contribution in [0.15, 0.2) is 42.0 Å². The summed E-state index contributed by atoms with van der Waals surface area (Å²) in [6.07, 6.45) is 1.52. The fraction of sp³-hybridized carbons (Fsp3) is 0.375. The van der Waals surface area contributed by atoms with Crippen LogP contribution < -0.4 is 5.32 Å². The summed E-state index contributed by atoms with van der Waals surface area (Å²) in [6, 6.07) is 13.1. The number of aryl methyl sites for hydroxylation is 1. The number of amides is 1. The lowest BCUT2D eigenvalue weighted by Gasteiger charge is -2.14. The zero-order valence-electron chi connectivity index (χ0n) is 18.2. The predicted molar refractivity (Wildman–Crippen MR) is 116 cm³/mol. The van der Waals surface area contributed by atoms with Crippen LogP contribution in [0.1, 0.15) is 49.3 Å². The molecule has 0 saturated carbocycles. The second-order valence-corrected chi connectivity index (χ2v) is 7.78. The van der Waals surface area contributed by atoms with E-state index in [1.807, 2.05) is 63.2 Å². The number of esters is 1. The summed E-state index contributed by atoms with van der Waals surface area (Å²) in [5, 5.41) is 12.2. The van der Waals surface area contributed by atoms with Crippen LogP contribution in [0.5, 0.6) is 0 Å². The number of carbonyl (C=O) groups is 2. The maximum absolute atomic E-state index is 12.3. The van der Waals surface area contributed by atoms with Crippen molar-refractivity contribution in [3.63, 3.8) is 0 Å². The highest BCUT2D eigenvalue weighted by Crippen LogP contribution is 2.20. The standard InChI is InChI=1S/C24H29N3O3/c1-16(2)14-27-17(3)11-21(19(27)5)12-22(13-25)24(29)30-15-23(28)26-18(4)20-9-7-6-8-10-20/h6-12,16,18H,14-15H2,1-5H3,(H,26,28)/b22-12+/t18-/m1/s1. The highest BCUT2D eigenvalue weighted by Gasteiger charge is 2.17. The number of ether oxygens (including phenoxy) is 1. The minimum Gasteiger partial charge on any atom is -0.451 e. The molecular formula is C24H29N3O3. The van der Waals surface area contributed by atoms with E-state index in [1.54, 1.807) is 0 Å². The van der Waals surface area contributed by atoms with Gasteiger partial charge in [-0.05, 0) is 50.0 Å². The first-order chi connectivity index (χ1) is 14.2. The van der Waals surface area contributed by atoms with Gasteiger partial charge in [0.2, 0.25) is 0 Å². The number of hydrogen-bond acceptors (Lipinski definition) is 4. The third kappa shape index (κ3) is 6.08. The molecule has 0 aliphatic rings. The molecule has 1 N–H and O–H groups in total. The number of nitrogens with one attached hydrogen (secondary N) is 1. The van der Waals surface area contributed by atoms with Crippen molar-refractivity contribution in [2.75, 3.05) is 6.61 Å². The molecule has 2 aromatic rings. The van der Waals surface area contributed by atoms with E-state index in [1.165, 1.54) is 6.08 Å². The van der Waals surface area contributed by atoms with E-state index in [2.05, 4.69) is 23.7 Å². The van der Waals surface area contributed by atoms with Crippen molar-refractivity contribution in [2.24, 2.45) is 5.92 Å². The van der Waals surface area contributed by atoms with Gasteiger partial charge in [0.15, 0.2) is 6.61 Å². The molecule has 6 nitrogen and oxygen atoms in total. The fourth-order valence-corrected chi connectivity index (χ4v) is 3.23. The average Bonchev–Trinajstić information content (AvgIpc) is 2.97. The van der Waals surface area contributed by atoms with E-state index in [-0.39, 0.29) is 11.6 Å². The van der Waals surface area contributed by atoms with Crippen molar-refractivity contribution in [1.29, 1.82) is 5.26 Å². The first-order valence-corrected chi connectivity index (χ1v) is 10.0. The first kappa shape index (κ1) is 23.0. The molecule has 6 heteroatoms. The summed E-state index contributed by atoms with van der Waals surface area (Å²) >= 11 is 0. The van der Waals surface area contributed by atoms with Crippen LogP contribution in [0.4, 0.5) is 0 Å². The largest absolute Gasteiger partial charge is 0.451 e. The molecule has 0 saturated heterocycles. The van der Waals surface area contributed by atoms with E-state index in [0.29, 0.717) is 5.92 Å². The second-order valence-electron chi connectivity index (χ2n) is 7.78. The summed E-state index contributed by atoms with van der Waals surface area (Å²) in [5.74, 6) is -0.760. The monoisotopic (exact) mass is 407 g/mol. The van der Waals surface area contributed by atoms with Crippen LogP contribution in [0.25, 0.3) is 6.08 Å². The van der Waals surface area contributed by atoms with Gasteiger partial charge in [-0.25, -0.2) is 4.79 Å². The van der Waals surface area contributed by atoms with Gasteiger partial charge >= 0.3 is 5.97 Å². The maximum atomic E-state index is 12.3. The number of nitrogens with zero attached hydrogens (tertiary/aromatic N) is 2. The highest BCUT2D eigenvalue weighted by atomic mass is 16.5. The van der Waals surface area contributed by atoms with Crippen LogP contribution in [-0.2, 0) is 20.9 Å². The Kier molecular flexibility index (Phi) is 7.99. The zero-order chi connectivity index (χ0) is 22.3. The third-order valence-electron chi connectivity index (χ3n) is 4.81. The van der Waals surface area contributed by atoms with Gasteiger partial charge in [-0.2, -0.15) is 5.26 Å². The van der Waals surface area contributed by atoms with Crippen LogP contribution >= 0.6 is 0 Å². The zero-order valence-corrected chi connectivity index (χ0v) is 18.2. The molecule has 1 aromatic heterocycles. The quantitative estimate of drug-likeness (QED) is 0.406. The van der Waals surface area contributed by atoms with Crippen molar-refractivity contribution in [3.05, 3.63) is 64.5 Å². The fourth-order valence-electron chi connectivity index (χ4n) is 3.23. The molecule has 1 atom stereocenters. The number of carbonyl (C=O) groups excluding carboxylic acids is 2. The van der Waals surface area contributed by atoms with E-state index >= 15 is 0 Å². The molecule has 0 radical (unpaired) electrons. The molecule has 0 aliphatic heterocycles. The molecule has 0 aliphatic carbocycles. The molecule has 1 aromatic carbocycles. The molecule has 1 heterocycles. The van der Waals surface area contributed by atoms with Crippen LogP contribution in [0, 0.1) is 31.1 Å². The lowest BCUT2D eigenvalue weighted by atomic mass is 10.1. The molecule has 1 amide bonds. The third-order valence-corrected chi connectivity index (χ3v) is 4.81. The highest BCUT2D eigenvalue weighted by molar-refractivity contribution is 5.99. The Morgan fingerprint density at radius 3 is 2.47 bits per heavy atom. The Balaban J connectivity index is 2.01. The Bertz CT molecular complexity index is 966. The van der Waals surface area contributed by atoms with Crippen molar-refractivity contribution >= 4 is 18.0 Å². The number of benzene rings is 1. The SMILES string of the molecule is Cc1cc(/C=C(\C#N)C(=O)OCC(=O)N[C@H](C)c2ccccc2)c(C)n1CC(C)C. The summed E-state index contributed by atoms with van der Waals surface area (Å²) in [7, 11) is 0. The summed E-state index contributed by atoms with van der Waals surface area (Å²) in [4.78, 5) is 24.4. The molecule has 0 spiro atoms. The van der Waals surface area contributed by atoms with Gasteiger partial charge in [0.25, 0.3) is 5.91 Å². The molecule has 30 heavy (non-hydrogen) atoms. The Labute approximate surface area is 178 Å². The normalized spacial score (nSPS) is 12.4.